The Kier molecular flexibility index (Phi) is 9.14. The highest BCUT2D eigenvalue weighted by atomic mass is 35.5. The third-order valence-corrected chi connectivity index (χ3v) is 6.75. The summed E-state index contributed by atoms with van der Waals surface area (Å²) >= 11 is 7.50. The molecule has 0 atom stereocenters. The van der Waals surface area contributed by atoms with E-state index in [1.807, 2.05) is 43.3 Å². The zero-order chi connectivity index (χ0) is 26.9. The van der Waals surface area contributed by atoms with E-state index in [0.717, 1.165) is 10.5 Å². The Balaban J connectivity index is 1.49. The molecule has 0 saturated heterocycles. The summed E-state index contributed by atoms with van der Waals surface area (Å²) in [6, 6.07) is 30.3. The van der Waals surface area contributed by atoms with Gasteiger partial charge in [0.1, 0.15) is 5.70 Å². The summed E-state index contributed by atoms with van der Waals surface area (Å²) in [6.07, 6.45) is 1.57. The lowest BCUT2D eigenvalue weighted by molar-refractivity contribution is -0.113. The molecular formula is C31H25ClN2O3S. The number of rotatable bonds is 9. The zero-order valence-corrected chi connectivity index (χ0v) is 22.2. The van der Waals surface area contributed by atoms with Crippen LogP contribution >= 0.6 is 23.4 Å². The van der Waals surface area contributed by atoms with Crippen LogP contribution in [-0.2, 0) is 4.79 Å². The van der Waals surface area contributed by atoms with Gasteiger partial charge in [0.15, 0.2) is 5.78 Å². The Bertz CT molecular complexity index is 1480. The van der Waals surface area contributed by atoms with Crippen molar-refractivity contribution in [3.63, 3.8) is 0 Å². The molecule has 0 radical (unpaired) electrons. The number of carbonyl (C=O) groups is 3. The molecule has 4 aromatic carbocycles. The van der Waals surface area contributed by atoms with E-state index in [9.17, 15) is 14.4 Å². The summed E-state index contributed by atoms with van der Waals surface area (Å²) in [7, 11) is 0. The van der Waals surface area contributed by atoms with Crippen LogP contribution in [0.25, 0.3) is 6.08 Å². The molecule has 5 nitrogen and oxygen atoms in total. The fourth-order valence-corrected chi connectivity index (χ4v) is 4.59. The number of halogens is 1. The Morgan fingerprint density at radius 3 is 2.29 bits per heavy atom. The molecule has 0 aliphatic rings. The predicted molar refractivity (Wildman–Crippen MR) is 155 cm³/mol. The van der Waals surface area contributed by atoms with E-state index >= 15 is 0 Å². The molecule has 0 aliphatic carbocycles. The van der Waals surface area contributed by atoms with Gasteiger partial charge in [-0.1, -0.05) is 77.8 Å². The largest absolute Gasteiger partial charge is 0.321 e. The average molecular weight is 541 g/mol. The quantitative estimate of drug-likeness (QED) is 0.136. The first-order chi connectivity index (χ1) is 18.4. The molecule has 2 amide bonds. The molecule has 0 aliphatic heterocycles. The Morgan fingerprint density at radius 2 is 1.55 bits per heavy atom. The summed E-state index contributed by atoms with van der Waals surface area (Å²) in [5.74, 6) is -0.604. The molecule has 0 saturated carbocycles. The molecule has 0 heterocycles. The Morgan fingerprint density at radius 1 is 0.816 bits per heavy atom. The van der Waals surface area contributed by atoms with Crippen LogP contribution in [0.4, 0.5) is 5.69 Å². The smallest absolute Gasteiger partial charge is 0.272 e. The molecule has 0 aromatic heterocycles. The monoisotopic (exact) mass is 540 g/mol. The van der Waals surface area contributed by atoms with E-state index < -0.39 is 11.8 Å². The zero-order valence-electron chi connectivity index (χ0n) is 20.6. The lowest BCUT2D eigenvalue weighted by atomic mass is 10.1. The van der Waals surface area contributed by atoms with E-state index in [2.05, 4.69) is 10.6 Å². The first kappa shape index (κ1) is 26.9. The lowest BCUT2D eigenvalue weighted by Gasteiger charge is -2.12. The van der Waals surface area contributed by atoms with Crippen LogP contribution in [0.15, 0.2) is 114 Å². The maximum atomic E-state index is 13.3. The van der Waals surface area contributed by atoms with Gasteiger partial charge in [-0.2, -0.15) is 0 Å². The number of carbonyl (C=O) groups excluding carboxylic acids is 3. The SMILES string of the molecule is Cc1ccc(C(=O)CSc2cccc(NC(=O)/C(=C/c3cccc(Cl)c3)NC(=O)c3ccccc3)c2)cc1. The summed E-state index contributed by atoms with van der Waals surface area (Å²) < 4.78 is 0. The second kappa shape index (κ2) is 12.9. The maximum Gasteiger partial charge on any atom is 0.272 e. The van der Waals surface area contributed by atoms with Crippen molar-refractivity contribution in [1.29, 1.82) is 0 Å². The summed E-state index contributed by atoms with van der Waals surface area (Å²) in [6.45, 7) is 1.98. The first-order valence-electron chi connectivity index (χ1n) is 11.8. The maximum absolute atomic E-state index is 13.3. The number of amides is 2. The van der Waals surface area contributed by atoms with Gasteiger partial charge in [0.25, 0.3) is 11.8 Å². The van der Waals surface area contributed by atoms with Gasteiger partial charge in [-0.05, 0) is 61.0 Å². The minimum Gasteiger partial charge on any atom is -0.321 e. The number of ketones is 1. The van der Waals surface area contributed by atoms with Crippen LogP contribution in [-0.4, -0.2) is 23.4 Å². The highest BCUT2D eigenvalue weighted by Crippen LogP contribution is 2.23. The van der Waals surface area contributed by atoms with Crippen molar-refractivity contribution in [2.75, 3.05) is 11.1 Å². The molecule has 0 unspecified atom stereocenters. The van der Waals surface area contributed by atoms with E-state index in [4.69, 9.17) is 11.6 Å². The third-order valence-electron chi connectivity index (χ3n) is 5.52. The van der Waals surface area contributed by atoms with Gasteiger partial charge in [0, 0.05) is 26.7 Å². The topological polar surface area (TPSA) is 75.3 Å². The molecule has 38 heavy (non-hydrogen) atoms. The molecule has 0 bridgehead atoms. The minimum atomic E-state index is -0.493. The molecule has 0 spiro atoms. The second-order valence-corrected chi connectivity index (χ2v) is 9.98. The number of aryl methyl sites for hydroxylation is 1. The third kappa shape index (κ3) is 7.68. The normalized spacial score (nSPS) is 11.1. The highest BCUT2D eigenvalue weighted by Gasteiger charge is 2.16. The molecular weight excluding hydrogens is 516 g/mol. The lowest BCUT2D eigenvalue weighted by Crippen LogP contribution is -2.30. The van der Waals surface area contributed by atoms with E-state index in [1.165, 1.54) is 11.8 Å². The summed E-state index contributed by atoms with van der Waals surface area (Å²) in [4.78, 5) is 39.5. The number of nitrogens with one attached hydrogen (secondary N) is 2. The standard InChI is InChI=1S/C31H25ClN2O3S/c1-21-13-15-23(16-14-21)29(35)20-38-27-12-6-11-26(19-27)33-31(37)28(18-22-7-5-10-25(32)17-22)34-30(36)24-8-3-2-4-9-24/h2-19H,20H2,1H3,(H,33,37)(H,34,36)/b28-18-. The van der Waals surface area contributed by atoms with E-state index in [1.54, 1.807) is 72.8 Å². The van der Waals surface area contributed by atoms with Gasteiger partial charge >= 0.3 is 0 Å². The molecule has 190 valence electrons. The van der Waals surface area contributed by atoms with Crippen molar-refractivity contribution in [2.45, 2.75) is 11.8 Å². The Hall–Kier alpha value is -4.13. The van der Waals surface area contributed by atoms with Crippen LogP contribution in [0.5, 0.6) is 0 Å². The van der Waals surface area contributed by atoms with Crippen molar-refractivity contribution in [3.05, 3.63) is 136 Å². The number of Topliss-reactive ketones (excluding diaryl/α,β-unsaturated/α-hetero) is 1. The van der Waals surface area contributed by atoms with Gasteiger partial charge in [-0.3, -0.25) is 14.4 Å². The van der Waals surface area contributed by atoms with Crippen molar-refractivity contribution in [1.82, 2.24) is 5.32 Å². The molecule has 4 aromatic rings. The average Bonchev–Trinajstić information content (AvgIpc) is 2.92. The number of benzene rings is 4. The van der Waals surface area contributed by atoms with E-state index in [0.29, 0.717) is 27.4 Å². The minimum absolute atomic E-state index is 0.0276. The molecule has 4 rings (SSSR count). The van der Waals surface area contributed by atoms with Crippen LogP contribution < -0.4 is 10.6 Å². The van der Waals surface area contributed by atoms with Crippen LogP contribution in [0.3, 0.4) is 0 Å². The van der Waals surface area contributed by atoms with E-state index in [-0.39, 0.29) is 17.2 Å². The van der Waals surface area contributed by atoms with Crippen molar-refractivity contribution >= 4 is 52.7 Å². The second-order valence-electron chi connectivity index (χ2n) is 8.49. The Labute approximate surface area is 230 Å². The highest BCUT2D eigenvalue weighted by molar-refractivity contribution is 8.00. The molecule has 0 fully saturated rings. The number of thioether (sulfide) groups is 1. The summed E-state index contributed by atoms with van der Waals surface area (Å²) in [5.41, 5.74) is 3.45. The van der Waals surface area contributed by atoms with Crippen molar-refractivity contribution in [3.8, 4) is 0 Å². The number of anilines is 1. The molecule has 2 N–H and O–H groups in total. The van der Waals surface area contributed by atoms with Gasteiger partial charge in [-0.25, -0.2) is 0 Å². The van der Waals surface area contributed by atoms with Crippen LogP contribution in [0, 0.1) is 6.92 Å². The first-order valence-corrected chi connectivity index (χ1v) is 13.2. The fourth-order valence-electron chi connectivity index (χ4n) is 3.54. The fraction of sp³-hybridized carbons (Fsp3) is 0.0645. The number of hydrogen-bond acceptors (Lipinski definition) is 4. The van der Waals surface area contributed by atoms with Crippen molar-refractivity contribution in [2.24, 2.45) is 0 Å². The predicted octanol–water partition coefficient (Wildman–Crippen LogP) is 7.03. The van der Waals surface area contributed by atoms with Gasteiger partial charge in [-0.15, -0.1) is 11.8 Å². The summed E-state index contributed by atoms with van der Waals surface area (Å²) in [5, 5.41) is 6.07. The van der Waals surface area contributed by atoms with Gasteiger partial charge in [0.2, 0.25) is 0 Å². The van der Waals surface area contributed by atoms with Crippen LogP contribution in [0.2, 0.25) is 5.02 Å². The number of hydrogen-bond donors (Lipinski definition) is 2. The van der Waals surface area contributed by atoms with Gasteiger partial charge < -0.3 is 10.6 Å². The van der Waals surface area contributed by atoms with Gasteiger partial charge in [0.05, 0.1) is 5.75 Å². The van der Waals surface area contributed by atoms with Crippen LogP contribution in [0.1, 0.15) is 31.8 Å². The van der Waals surface area contributed by atoms with Crippen molar-refractivity contribution < 1.29 is 14.4 Å². The molecule has 7 heteroatoms.